The molecule has 0 bridgehead atoms. The number of carbonyl (C=O) groups is 3. The van der Waals surface area contributed by atoms with E-state index in [1.54, 1.807) is 16.2 Å². The summed E-state index contributed by atoms with van der Waals surface area (Å²) < 4.78 is 2.02. The molecule has 0 aliphatic carbocycles. The highest BCUT2D eigenvalue weighted by Crippen LogP contribution is 2.40. The molecule has 0 unspecified atom stereocenters. The van der Waals surface area contributed by atoms with Crippen LogP contribution in [0.5, 0.6) is 0 Å². The molecule has 13 heteroatoms. The summed E-state index contributed by atoms with van der Waals surface area (Å²) >= 11 is 7.87. The summed E-state index contributed by atoms with van der Waals surface area (Å²) in [7, 11) is 0. The quantitative estimate of drug-likeness (QED) is 0.239. The molecule has 6 rings (SSSR count). The van der Waals surface area contributed by atoms with Crippen LogP contribution in [0.15, 0.2) is 47.5 Å². The Balaban J connectivity index is 1.19. The third-order valence-electron chi connectivity index (χ3n) is 8.76. The number of likely N-dealkylation sites (tertiary alicyclic amines) is 1. The van der Waals surface area contributed by atoms with E-state index < -0.39 is 18.6 Å². The summed E-state index contributed by atoms with van der Waals surface area (Å²) in [4.78, 5) is 46.6. The normalized spacial score (nSPS) is 15.8. The summed E-state index contributed by atoms with van der Waals surface area (Å²) in [6.45, 7) is 6.45. The topological polar surface area (TPSA) is 150 Å². The van der Waals surface area contributed by atoms with E-state index in [2.05, 4.69) is 41.2 Å². The second kappa shape index (κ2) is 13.7. The average Bonchev–Trinajstić information content (AvgIpc) is 3.55. The number of aryl methyl sites for hydroxylation is 2. The number of hydrogen-bond acceptors (Lipinski definition) is 8. The molecule has 246 valence electrons. The van der Waals surface area contributed by atoms with E-state index in [0.717, 1.165) is 38.1 Å². The number of carboxylic acid groups (broad SMARTS) is 1. The van der Waals surface area contributed by atoms with Gasteiger partial charge in [-0.25, -0.2) is 4.79 Å². The van der Waals surface area contributed by atoms with Crippen molar-refractivity contribution in [1.82, 2.24) is 19.7 Å². The smallest absolute Gasteiger partial charge is 0.336 e. The summed E-state index contributed by atoms with van der Waals surface area (Å²) in [6, 6.07) is 11.3. The van der Waals surface area contributed by atoms with Gasteiger partial charge in [0.2, 0.25) is 11.8 Å². The number of carbonyl (C=O) groups excluding carboxylic acids is 2. The fraction of sp³-hybridized carbons (Fsp3) is 0.314. The van der Waals surface area contributed by atoms with Gasteiger partial charge in [0.25, 0.3) is 0 Å². The highest BCUT2D eigenvalue weighted by Gasteiger charge is 2.34. The Bertz CT molecular complexity index is 2010. The van der Waals surface area contributed by atoms with E-state index in [-0.39, 0.29) is 35.3 Å². The minimum Gasteiger partial charge on any atom is -0.478 e. The molecule has 48 heavy (non-hydrogen) atoms. The van der Waals surface area contributed by atoms with Gasteiger partial charge in [-0.1, -0.05) is 35.6 Å². The zero-order chi connectivity index (χ0) is 34.1. The molecule has 2 aromatic carbocycles. The molecule has 4 heterocycles. The number of rotatable bonds is 6. The minimum absolute atomic E-state index is 0.0201. The van der Waals surface area contributed by atoms with Crippen LogP contribution in [-0.2, 0) is 9.59 Å². The summed E-state index contributed by atoms with van der Waals surface area (Å²) in [5, 5.41) is 31.8. The van der Waals surface area contributed by atoms with Crippen molar-refractivity contribution in [2.75, 3.05) is 25.0 Å². The van der Waals surface area contributed by atoms with Crippen molar-refractivity contribution in [3.05, 3.63) is 91.8 Å². The monoisotopic (exact) mass is 684 g/mol. The number of nitrogens with zero attached hydrogens (tertiary/aromatic N) is 5. The number of amides is 2. The first-order chi connectivity index (χ1) is 23.0. The van der Waals surface area contributed by atoms with Crippen LogP contribution in [0.3, 0.4) is 0 Å². The van der Waals surface area contributed by atoms with E-state index >= 15 is 0 Å². The summed E-state index contributed by atoms with van der Waals surface area (Å²) in [5.41, 5.74) is 4.37. The van der Waals surface area contributed by atoms with Crippen LogP contribution in [0.25, 0.3) is 5.00 Å². The fourth-order valence-corrected chi connectivity index (χ4v) is 7.45. The van der Waals surface area contributed by atoms with Crippen molar-refractivity contribution >= 4 is 52.1 Å². The van der Waals surface area contributed by atoms with Crippen LogP contribution in [0.1, 0.15) is 74.4 Å². The molecule has 0 spiro atoms. The number of carboxylic acids is 1. The van der Waals surface area contributed by atoms with Crippen LogP contribution in [0.2, 0.25) is 5.02 Å². The van der Waals surface area contributed by atoms with Gasteiger partial charge in [-0.3, -0.25) is 19.1 Å². The van der Waals surface area contributed by atoms with Gasteiger partial charge in [0.05, 0.1) is 17.7 Å². The lowest BCUT2D eigenvalue weighted by molar-refractivity contribution is -0.134. The number of aliphatic hydroxyl groups excluding tert-OH is 1. The zero-order valence-electron chi connectivity index (χ0n) is 26.6. The SMILES string of the molecule is Cc1sc2c(c1C)C(c1ccc(Cl)cc1)=N[C@@H](CC(=O)N1CCC(C(=O)Nc3ccc(C(=O)O)c(C#CCO)c3)CC1)c1nnc(C)n1-2. The van der Waals surface area contributed by atoms with Crippen molar-refractivity contribution in [3.8, 4) is 16.8 Å². The van der Waals surface area contributed by atoms with Gasteiger partial charge >= 0.3 is 5.97 Å². The van der Waals surface area contributed by atoms with Crippen molar-refractivity contribution in [1.29, 1.82) is 0 Å². The first kappa shape index (κ1) is 33.1. The number of nitrogens with one attached hydrogen (secondary N) is 1. The lowest BCUT2D eigenvalue weighted by atomic mass is 9.95. The number of aromatic nitrogens is 3. The number of fused-ring (bicyclic) bond motifs is 3. The Morgan fingerprint density at radius 1 is 1.06 bits per heavy atom. The summed E-state index contributed by atoms with van der Waals surface area (Å²) in [6.07, 6.45) is 1.03. The Morgan fingerprint density at radius 3 is 2.48 bits per heavy atom. The molecule has 1 fully saturated rings. The molecule has 3 N–H and O–H groups in total. The Labute approximate surface area is 286 Å². The van der Waals surface area contributed by atoms with Crippen LogP contribution >= 0.6 is 22.9 Å². The number of piperidine rings is 1. The third-order valence-corrected chi connectivity index (χ3v) is 10.2. The van der Waals surface area contributed by atoms with Gasteiger partial charge in [0.1, 0.15) is 23.5 Å². The van der Waals surface area contributed by atoms with Crippen molar-refractivity contribution in [2.45, 2.75) is 46.1 Å². The number of aromatic carboxylic acids is 1. The van der Waals surface area contributed by atoms with Crippen LogP contribution in [0, 0.1) is 38.5 Å². The number of anilines is 1. The first-order valence-electron chi connectivity index (χ1n) is 15.5. The van der Waals surface area contributed by atoms with Crippen molar-refractivity contribution in [3.63, 3.8) is 0 Å². The number of hydrogen-bond donors (Lipinski definition) is 3. The molecule has 11 nitrogen and oxygen atoms in total. The van der Waals surface area contributed by atoms with Gasteiger partial charge in [-0.05, 0) is 69.5 Å². The minimum atomic E-state index is -1.15. The molecule has 2 aromatic heterocycles. The van der Waals surface area contributed by atoms with Crippen LogP contribution in [-0.4, -0.2) is 73.1 Å². The standard InChI is InChI=1S/C35H33ClN6O5S/c1-19-20(2)48-34-30(19)31(22-6-8-25(36)9-7-22)38-28(32-40-39-21(3)42(32)34)18-29(44)41-14-12-23(13-15-41)33(45)37-26-10-11-27(35(46)47)24(17-26)5-4-16-43/h6-11,17,23,28,43H,12-16,18H2,1-3H3,(H,37,45)(H,46,47)/t28-/m0/s1. The van der Waals surface area contributed by atoms with E-state index in [1.807, 2.05) is 35.8 Å². The number of thiophene rings is 1. The van der Waals surface area contributed by atoms with E-state index in [4.69, 9.17) is 21.7 Å². The van der Waals surface area contributed by atoms with E-state index in [1.165, 1.54) is 18.2 Å². The molecule has 4 aromatic rings. The van der Waals surface area contributed by atoms with E-state index in [0.29, 0.717) is 42.5 Å². The molecular weight excluding hydrogens is 652 g/mol. The Morgan fingerprint density at radius 2 is 1.79 bits per heavy atom. The molecule has 0 saturated carbocycles. The predicted octanol–water partition coefficient (Wildman–Crippen LogP) is 5.11. The van der Waals surface area contributed by atoms with Gasteiger partial charge in [0.15, 0.2) is 5.82 Å². The molecular formula is C35H33ClN6O5S. The maximum atomic E-state index is 13.8. The molecule has 2 aliphatic rings. The molecule has 2 amide bonds. The maximum Gasteiger partial charge on any atom is 0.336 e. The molecule has 2 aliphatic heterocycles. The highest BCUT2D eigenvalue weighted by molar-refractivity contribution is 7.15. The van der Waals surface area contributed by atoms with Gasteiger partial charge < -0.3 is 20.4 Å². The third kappa shape index (κ3) is 6.49. The molecule has 1 atom stereocenters. The fourth-order valence-electron chi connectivity index (χ4n) is 6.11. The largest absolute Gasteiger partial charge is 0.478 e. The molecule has 1 saturated heterocycles. The average molecular weight is 685 g/mol. The van der Waals surface area contributed by atoms with E-state index in [9.17, 15) is 19.5 Å². The number of aliphatic hydroxyl groups is 1. The van der Waals surface area contributed by atoms with Crippen LogP contribution in [0.4, 0.5) is 5.69 Å². The van der Waals surface area contributed by atoms with Crippen LogP contribution < -0.4 is 5.32 Å². The number of aliphatic imine (C=N–C) groups is 1. The molecule has 0 radical (unpaired) electrons. The Kier molecular flexibility index (Phi) is 9.46. The zero-order valence-corrected chi connectivity index (χ0v) is 28.2. The number of benzene rings is 2. The highest BCUT2D eigenvalue weighted by atomic mass is 35.5. The first-order valence-corrected chi connectivity index (χ1v) is 16.7. The number of halogens is 1. The summed E-state index contributed by atoms with van der Waals surface area (Å²) in [5.74, 6) is 4.62. The van der Waals surface area contributed by atoms with Crippen molar-refractivity contribution < 1.29 is 24.6 Å². The second-order valence-electron chi connectivity index (χ2n) is 11.8. The maximum absolute atomic E-state index is 13.8. The van der Waals surface area contributed by atoms with Crippen molar-refractivity contribution in [2.24, 2.45) is 10.9 Å². The lowest BCUT2D eigenvalue weighted by Gasteiger charge is -2.32. The lowest BCUT2D eigenvalue weighted by Crippen LogP contribution is -2.41. The second-order valence-corrected chi connectivity index (χ2v) is 13.4. The Hall–Kier alpha value is -4.83. The van der Waals surface area contributed by atoms with Gasteiger partial charge in [0, 0.05) is 51.3 Å². The van der Waals surface area contributed by atoms with Gasteiger partial charge in [-0.15, -0.1) is 21.5 Å². The predicted molar refractivity (Wildman–Crippen MR) is 183 cm³/mol. The van der Waals surface area contributed by atoms with Gasteiger partial charge in [-0.2, -0.15) is 0 Å².